The van der Waals surface area contributed by atoms with Gasteiger partial charge in [0.05, 0.1) is 10.7 Å². The maximum atomic E-state index is 10.6. The molecule has 8 heavy (non-hydrogen) atoms. The highest BCUT2D eigenvalue weighted by Crippen LogP contribution is 2.03. The molecule has 3 heteroatoms. The van der Waals surface area contributed by atoms with Crippen molar-refractivity contribution in [1.82, 2.24) is 0 Å². The Kier molecular flexibility index (Phi) is 4.57. The van der Waals surface area contributed by atoms with Crippen LogP contribution in [0.1, 0.15) is 13.3 Å². The van der Waals surface area contributed by atoms with E-state index in [4.69, 9.17) is 11.6 Å². The van der Waals surface area contributed by atoms with Gasteiger partial charge in [-0.1, -0.05) is 22.9 Å². The number of halogens is 2. The first-order valence-electron chi connectivity index (χ1n) is 2.45. The summed E-state index contributed by atoms with van der Waals surface area (Å²) in [5.41, 5.74) is 0. The normalized spacial score (nSPS) is 13.4. The molecule has 0 heterocycles. The van der Waals surface area contributed by atoms with E-state index in [2.05, 4.69) is 15.9 Å². The lowest BCUT2D eigenvalue weighted by Gasteiger charge is -1.98. The molecule has 0 fully saturated rings. The average Bonchev–Trinajstić information content (AvgIpc) is 1.84. The van der Waals surface area contributed by atoms with Crippen molar-refractivity contribution in [3.8, 4) is 0 Å². The lowest BCUT2D eigenvalue weighted by molar-refractivity contribution is -0.116. The second-order valence-electron chi connectivity index (χ2n) is 1.48. The summed E-state index contributed by atoms with van der Waals surface area (Å²) in [6.07, 6.45) is 0.714. The van der Waals surface area contributed by atoms with Crippen LogP contribution in [-0.2, 0) is 4.79 Å². The summed E-state index contributed by atoms with van der Waals surface area (Å²) >= 11 is 8.56. The number of carbonyl (C=O) groups is 1. The smallest absolute Gasteiger partial charge is 0.161 e. The van der Waals surface area contributed by atoms with Gasteiger partial charge in [0.25, 0.3) is 0 Å². The molecule has 48 valence electrons. The molecule has 1 atom stereocenters. The molecule has 0 aliphatic heterocycles. The molecule has 0 amide bonds. The van der Waals surface area contributed by atoms with Gasteiger partial charge in [-0.2, -0.15) is 0 Å². The van der Waals surface area contributed by atoms with Gasteiger partial charge in [-0.05, 0) is 6.42 Å². The highest BCUT2D eigenvalue weighted by Gasteiger charge is 2.09. The van der Waals surface area contributed by atoms with Gasteiger partial charge in [-0.3, -0.25) is 4.79 Å². The van der Waals surface area contributed by atoms with Crippen LogP contribution in [0.15, 0.2) is 0 Å². The number of ketones is 1. The van der Waals surface area contributed by atoms with Crippen LogP contribution in [0.25, 0.3) is 0 Å². The summed E-state index contributed by atoms with van der Waals surface area (Å²) in [5, 5.41) is 0.0732. The average molecular weight is 199 g/mol. The zero-order chi connectivity index (χ0) is 6.57. The summed E-state index contributed by atoms with van der Waals surface area (Å²) in [6, 6.07) is 0. The summed E-state index contributed by atoms with van der Waals surface area (Å²) in [7, 11) is 0. The fourth-order valence-electron chi connectivity index (χ4n) is 0.311. The Morgan fingerprint density at radius 3 is 2.50 bits per heavy atom. The SMILES string of the molecule is CCC(Cl)C(=O)CBr. The van der Waals surface area contributed by atoms with Crippen LogP contribution >= 0.6 is 27.5 Å². The largest absolute Gasteiger partial charge is 0.297 e. The van der Waals surface area contributed by atoms with Gasteiger partial charge in [-0.25, -0.2) is 0 Å². The Balaban J connectivity index is 3.46. The highest BCUT2D eigenvalue weighted by atomic mass is 79.9. The first-order valence-corrected chi connectivity index (χ1v) is 4.01. The van der Waals surface area contributed by atoms with E-state index in [0.717, 1.165) is 0 Å². The van der Waals surface area contributed by atoms with Crippen LogP contribution in [0, 0.1) is 0 Å². The van der Waals surface area contributed by atoms with E-state index >= 15 is 0 Å². The summed E-state index contributed by atoms with van der Waals surface area (Å²) in [4.78, 5) is 10.6. The molecule has 0 aromatic carbocycles. The minimum absolute atomic E-state index is 0.0640. The lowest BCUT2D eigenvalue weighted by Crippen LogP contribution is -2.13. The van der Waals surface area contributed by atoms with E-state index in [-0.39, 0.29) is 11.2 Å². The predicted octanol–water partition coefficient (Wildman–Crippen LogP) is 1.97. The molecule has 1 unspecified atom stereocenters. The molecule has 1 nitrogen and oxygen atoms in total. The van der Waals surface area contributed by atoms with Crippen LogP contribution < -0.4 is 0 Å². The molecule has 0 saturated carbocycles. The lowest BCUT2D eigenvalue weighted by atomic mass is 10.2. The van der Waals surface area contributed by atoms with E-state index in [9.17, 15) is 4.79 Å². The highest BCUT2D eigenvalue weighted by molar-refractivity contribution is 9.09. The Morgan fingerprint density at radius 2 is 2.38 bits per heavy atom. The second-order valence-corrected chi connectivity index (χ2v) is 2.56. The number of hydrogen-bond acceptors (Lipinski definition) is 1. The Hall–Kier alpha value is 0.440. The molecule has 0 rings (SSSR count). The fourth-order valence-corrected chi connectivity index (χ4v) is 0.966. The minimum Gasteiger partial charge on any atom is -0.297 e. The van der Waals surface area contributed by atoms with Crippen LogP contribution in [-0.4, -0.2) is 16.5 Å². The standard InChI is InChI=1S/C5H8BrClO/c1-2-4(7)5(8)3-6/h4H,2-3H2,1H3. The zero-order valence-electron chi connectivity index (χ0n) is 4.66. The third-order valence-electron chi connectivity index (χ3n) is 0.839. The van der Waals surface area contributed by atoms with Gasteiger partial charge >= 0.3 is 0 Å². The third kappa shape index (κ3) is 2.68. The molecular formula is C5H8BrClO. The predicted molar refractivity (Wildman–Crippen MR) is 38.7 cm³/mol. The quantitative estimate of drug-likeness (QED) is 0.635. The summed E-state index contributed by atoms with van der Waals surface area (Å²) < 4.78 is 0. The van der Waals surface area contributed by atoms with E-state index in [1.54, 1.807) is 0 Å². The van der Waals surface area contributed by atoms with Crippen LogP contribution in [0.2, 0.25) is 0 Å². The Labute approximate surface area is 62.5 Å². The van der Waals surface area contributed by atoms with Crippen molar-refractivity contribution >= 4 is 33.3 Å². The van der Waals surface area contributed by atoms with Crippen molar-refractivity contribution < 1.29 is 4.79 Å². The monoisotopic (exact) mass is 198 g/mol. The first-order chi connectivity index (χ1) is 3.72. The van der Waals surface area contributed by atoms with Crippen molar-refractivity contribution in [2.75, 3.05) is 5.33 Å². The molecule has 0 aromatic rings. The van der Waals surface area contributed by atoms with Gasteiger partial charge in [0, 0.05) is 0 Å². The van der Waals surface area contributed by atoms with Gasteiger partial charge in [0.2, 0.25) is 0 Å². The van der Waals surface area contributed by atoms with E-state index in [1.165, 1.54) is 0 Å². The van der Waals surface area contributed by atoms with Crippen LogP contribution in [0.5, 0.6) is 0 Å². The molecule has 0 saturated heterocycles. The summed E-state index contributed by atoms with van der Waals surface area (Å²) in [6.45, 7) is 1.89. The van der Waals surface area contributed by atoms with Gasteiger partial charge in [0.15, 0.2) is 5.78 Å². The topological polar surface area (TPSA) is 17.1 Å². The van der Waals surface area contributed by atoms with Crippen LogP contribution in [0.4, 0.5) is 0 Å². The van der Waals surface area contributed by atoms with E-state index < -0.39 is 0 Å². The molecule has 0 spiro atoms. The Morgan fingerprint density at radius 1 is 1.88 bits per heavy atom. The van der Waals surface area contributed by atoms with Gasteiger partial charge in [0.1, 0.15) is 0 Å². The number of carbonyl (C=O) groups excluding carboxylic acids is 1. The summed E-state index contributed by atoms with van der Waals surface area (Å²) in [5.74, 6) is 0.0640. The van der Waals surface area contributed by atoms with Crippen LogP contribution in [0.3, 0.4) is 0 Å². The number of hydrogen-bond donors (Lipinski definition) is 0. The molecule has 0 aliphatic rings. The van der Waals surface area contributed by atoms with Crippen molar-refractivity contribution in [2.24, 2.45) is 0 Å². The molecule has 0 bridgehead atoms. The fraction of sp³-hybridized carbons (Fsp3) is 0.800. The van der Waals surface area contributed by atoms with Gasteiger partial charge in [-0.15, -0.1) is 11.6 Å². The van der Waals surface area contributed by atoms with Gasteiger partial charge < -0.3 is 0 Å². The van der Waals surface area contributed by atoms with E-state index in [1.807, 2.05) is 6.92 Å². The number of Topliss-reactive ketones (excluding diaryl/α,β-unsaturated/α-hetero) is 1. The van der Waals surface area contributed by atoms with E-state index in [0.29, 0.717) is 11.8 Å². The second kappa shape index (κ2) is 4.33. The third-order valence-corrected chi connectivity index (χ3v) is 1.94. The molecule has 0 aromatic heterocycles. The van der Waals surface area contributed by atoms with Crippen molar-refractivity contribution in [3.05, 3.63) is 0 Å². The minimum atomic E-state index is -0.297. The number of alkyl halides is 2. The first kappa shape index (κ1) is 8.44. The zero-order valence-corrected chi connectivity index (χ0v) is 7.00. The van der Waals surface area contributed by atoms with Crippen molar-refractivity contribution in [1.29, 1.82) is 0 Å². The maximum Gasteiger partial charge on any atom is 0.161 e. The molecule has 0 aliphatic carbocycles. The number of rotatable bonds is 3. The van der Waals surface area contributed by atoms with Crippen molar-refractivity contribution in [2.45, 2.75) is 18.7 Å². The molecular weight excluding hydrogens is 191 g/mol. The maximum absolute atomic E-state index is 10.6. The molecule has 0 N–H and O–H groups in total. The molecule has 0 radical (unpaired) electrons. The van der Waals surface area contributed by atoms with Crippen molar-refractivity contribution in [3.63, 3.8) is 0 Å². The Bertz CT molecular complexity index is 84.5.